The molecule has 0 bridgehead atoms. The lowest BCUT2D eigenvalue weighted by Gasteiger charge is -2.06. The number of amides is 1. The number of H-pyrrole nitrogens is 1. The van der Waals surface area contributed by atoms with Gasteiger partial charge in [0.05, 0.1) is 11.2 Å². The normalized spacial score (nSPS) is 11.5. The fraction of sp³-hybridized carbons (Fsp3) is 0.158. The number of likely N-dealkylation sites (N-methyl/N-ethyl adjacent to an activating group) is 1. The van der Waals surface area contributed by atoms with Crippen LogP contribution < -0.4 is 5.32 Å². The van der Waals surface area contributed by atoms with Crippen molar-refractivity contribution in [3.05, 3.63) is 60.7 Å². The van der Waals surface area contributed by atoms with Crippen LogP contribution in [0.4, 0.5) is 5.69 Å². The Morgan fingerprint density at radius 3 is 2.88 bits per heavy atom. The number of rotatable bonds is 5. The van der Waals surface area contributed by atoms with Crippen LogP contribution in [0.1, 0.15) is 0 Å². The van der Waals surface area contributed by atoms with Crippen LogP contribution in [-0.2, 0) is 4.79 Å². The molecule has 3 rings (SSSR count). The molecule has 0 spiro atoms. The predicted molar refractivity (Wildman–Crippen MR) is 97.9 cm³/mol. The fourth-order valence-corrected chi connectivity index (χ4v) is 2.48. The van der Waals surface area contributed by atoms with Gasteiger partial charge in [0.15, 0.2) is 0 Å². The Bertz CT molecular complexity index is 880. The van der Waals surface area contributed by atoms with Crippen LogP contribution in [0.5, 0.6) is 0 Å². The van der Waals surface area contributed by atoms with Gasteiger partial charge in [0.25, 0.3) is 0 Å². The van der Waals surface area contributed by atoms with Crippen molar-refractivity contribution in [2.45, 2.75) is 0 Å². The molecule has 0 radical (unpaired) electrons. The number of para-hydroxylation sites is 1. The summed E-state index contributed by atoms with van der Waals surface area (Å²) in [7, 11) is 3.92. The standard InChI is InChI=1S/C19H20N4O/c1-23(2)12-6-11-18(24)20-15-8-5-7-14(13-15)19-16-9-3-4-10-17(16)21-22-19/h3-11,13H,12H2,1-2H3,(H,20,24)(H,21,22)/b11-6+. The first-order chi connectivity index (χ1) is 11.6. The average molecular weight is 320 g/mol. The van der Waals surface area contributed by atoms with E-state index in [2.05, 4.69) is 15.5 Å². The topological polar surface area (TPSA) is 61.0 Å². The fourth-order valence-electron chi connectivity index (χ4n) is 2.48. The van der Waals surface area contributed by atoms with Crippen molar-refractivity contribution in [2.75, 3.05) is 26.0 Å². The summed E-state index contributed by atoms with van der Waals surface area (Å²) in [6.45, 7) is 0.729. The first-order valence-corrected chi connectivity index (χ1v) is 7.79. The van der Waals surface area contributed by atoms with Crippen LogP contribution in [0.25, 0.3) is 22.2 Å². The maximum absolute atomic E-state index is 12.0. The zero-order valence-electron chi connectivity index (χ0n) is 13.8. The molecule has 122 valence electrons. The number of hydrogen-bond acceptors (Lipinski definition) is 3. The van der Waals surface area contributed by atoms with E-state index in [9.17, 15) is 4.79 Å². The minimum atomic E-state index is -0.138. The lowest BCUT2D eigenvalue weighted by Crippen LogP contribution is -2.12. The Balaban J connectivity index is 1.79. The summed E-state index contributed by atoms with van der Waals surface area (Å²) in [5.41, 5.74) is 3.58. The number of anilines is 1. The Labute approximate surface area is 141 Å². The minimum Gasteiger partial charge on any atom is -0.323 e. The van der Waals surface area contributed by atoms with Gasteiger partial charge in [0.1, 0.15) is 0 Å². The molecular weight excluding hydrogens is 300 g/mol. The second-order valence-electron chi connectivity index (χ2n) is 5.85. The molecule has 1 aromatic heterocycles. The Hall–Kier alpha value is -2.92. The van der Waals surface area contributed by atoms with Gasteiger partial charge in [-0.2, -0.15) is 5.10 Å². The summed E-state index contributed by atoms with van der Waals surface area (Å²) in [5, 5.41) is 11.4. The molecular formula is C19H20N4O. The van der Waals surface area contributed by atoms with Gasteiger partial charge in [0.2, 0.25) is 5.91 Å². The van der Waals surface area contributed by atoms with E-state index in [0.29, 0.717) is 0 Å². The molecule has 0 aliphatic carbocycles. The van der Waals surface area contributed by atoms with Crippen molar-refractivity contribution in [1.82, 2.24) is 15.1 Å². The summed E-state index contributed by atoms with van der Waals surface area (Å²) in [4.78, 5) is 14.0. The predicted octanol–water partition coefficient (Wildman–Crippen LogP) is 3.29. The highest BCUT2D eigenvalue weighted by Crippen LogP contribution is 2.27. The van der Waals surface area contributed by atoms with Gasteiger partial charge in [-0.25, -0.2) is 0 Å². The maximum Gasteiger partial charge on any atom is 0.248 e. The molecule has 0 unspecified atom stereocenters. The molecule has 3 aromatic rings. The molecule has 0 saturated heterocycles. The van der Waals surface area contributed by atoms with Crippen LogP contribution in [0.15, 0.2) is 60.7 Å². The molecule has 24 heavy (non-hydrogen) atoms. The van der Waals surface area contributed by atoms with E-state index in [0.717, 1.165) is 34.4 Å². The SMILES string of the molecule is CN(C)C/C=C/C(=O)Nc1cccc(-c2n[nH]c3ccccc23)c1. The Kier molecular flexibility index (Phi) is 4.72. The zero-order valence-corrected chi connectivity index (χ0v) is 13.8. The largest absolute Gasteiger partial charge is 0.323 e. The maximum atomic E-state index is 12.0. The molecule has 0 aliphatic rings. The molecule has 1 amide bonds. The summed E-state index contributed by atoms with van der Waals surface area (Å²) >= 11 is 0. The molecule has 1 heterocycles. The monoisotopic (exact) mass is 320 g/mol. The number of hydrogen-bond donors (Lipinski definition) is 2. The van der Waals surface area contributed by atoms with Gasteiger partial charge in [-0.05, 0) is 32.3 Å². The van der Waals surface area contributed by atoms with Crippen LogP contribution in [0.2, 0.25) is 0 Å². The van der Waals surface area contributed by atoms with Crippen LogP contribution in [0.3, 0.4) is 0 Å². The number of nitrogens with one attached hydrogen (secondary N) is 2. The Morgan fingerprint density at radius 1 is 1.21 bits per heavy atom. The van der Waals surface area contributed by atoms with Crippen molar-refractivity contribution in [1.29, 1.82) is 0 Å². The first kappa shape index (κ1) is 16.0. The first-order valence-electron chi connectivity index (χ1n) is 7.79. The van der Waals surface area contributed by atoms with Gasteiger partial charge < -0.3 is 10.2 Å². The van der Waals surface area contributed by atoms with Crippen molar-refractivity contribution >= 4 is 22.5 Å². The van der Waals surface area contributed by atoms with Gasteiger partial charge >= 0.3 is 0 Å². The molecule has 0 fully saturated rings. The minimum absolute atomic E-state index is 0.138. The second kappa shape index (κ2) is 7.10. The van der Waals surface area contributed by atoms with Gasteiger partial charge in [-0.3, -0.25) is 9.89 Å². The van der Waals surface area contributed by atoms with E-state index in [1.807, 2.05) is 73.6 Å². The van der Waals surface area contributed by atoms with Crippen molar-refractivity contribution in [3.63, 3.8) is 0 Å². The summed E-state index contributed by atoms with van der Waals surface area (Å²) in [6, 6.07) is 15.7. The highest BCUT2D eigenvalue weighted by molar-refractivity contribution is 6.00. The number of nitrogens with zero attached hydrogens (tertiary/aromatic N) is 2. The van der Waals surface area contributed by atoms with E-state index in [4.69, 9.17) is 0 Å². The summed E-state index contributed by atoms with van der Waals surface area (Å²) in [6.07, 6.45) is 3.39. The van der Waals surface area contributed by atoms with Crippen molar-refractivity contribution in [2.24, 2.45) is 0 Å². The van der Waals surface area contributed by atoms with Crippen LogP contribution >= 0.6 is 0 Å². The third-order valence-electron chi connectivity index (χ3n) is 3.61. The molecule has 5 heteroatoms. The lowest BCUT2D eigenvalue weighted by atomic mass is 10.1. The van der Waals surface area contributed by atoms with E-state index >= 15 is 0 Å². The third-order valence-corrected chi connectivity index (χ3v) is 3.61. The second-order valence-corrected chi connectivity index (χ2v) is 5.85. The zero-order chi connectivity index (χ0) is 16.9. The summed E-state index contributed by atoms with van der Waals surface area (Å²) in [5.74, 6) is -0.138. The number of benzene rings is 2. The number of carbonyl (C=O) groups excluding carboxylic acids is 1. The van der Waals surface area contributed by atoms with E-state index < -0.39 is 0 Å². The molecule has 0 atom stereocenters. The van der Waals surface area contributed by atoms with Crippen LogP contribution in [0, 0.1) is 0 Å². The highest BCUT2D eigenvalue weighted by Gasteiger charge is 2.08. The van der Waals surface area contributed by atoms with Crippen molar-refractivity contribution < 1.29 is 4.79 Å². The van der Waals surface area contributed by atoms with Gasteiger partial charge in [0, 0.05) is 29.3 Å². The van der Waals surface area contributed by atoms with E-state index in [1.54, 1.807) is 6.08 Å². The van der Waals surface area contributed by atoms with Gasteiger partial charge in [-0.1, -0.05) is 36.4 Å². The number of carbonyl (C=O) groups is 1. The Morgan fingerprint density at radius 2 is 2.04 bits per heavy atom. The molecule has 0 saturated carbocycles. The number of aromatic nitrogens is 2. The molecule has 0 aliphatic heterocycles. The van der Waals surface area contributed by atoms with Crippen LogP contribution in [-0.4, -0.2) is 41.6 Å². The molecule has 2 N–H and O–H groups in total. The quantitative estimate of drug-likeness (QED) is 0.709. The number of aromatic amines is 1. The highest BCUT2D eigenvalue weighted by atomic mass is 16.1. The smallest absolute Gasteiger partial charge is 0.248 e. The van der Waals surface area contributed by atoms with E-state index in [1.165, 1.54) is 0 Å². The van der Waals surface area contributed by atoms with Gasteiger partial charge in [-0.15, -0.1) is 0 Å². The lowest BCUT2D eigenvalue weighted by molar-refractivity contribution is -0.111. The third kappa shape index (κ3) is 3.70. The van der Waals surface area contributed by atoms with Crippen molar-refractivity contribution in [3.8, 4) is 11.3 Å². The van der Waals surface area contributed by atoms with E-state index in [-0.39, 0.29) is 5.91 Å². The molecule has 2 aromatic carbocycles. The molecule has 5 nitrogen and oxygen atoms in total. The number of fused-ring (bicyclic) bond motifs is 1. The average Bonchev–Trinajstić information content (AvgIpc) is 2.99. The summed E-state index contributed by atoms with van der Waals surface area (Å²) < 4.78 is 0.